The Morgan fingerprint density at radius 1 is 1.09 bits per heavy atom. The van der Waals surface area contributed by atoms with Gasteiger partial charge in [-0.3, -0.25) is 14.4 Å². The van der Waals surface area contributed by atoms with Gasteiger partial charge in [0.1, 0.15) is 18.5 Å². The van der Waals surface area contributed by atoms with Gasteiger partial charge in [0, 0.05) is 38.4 Å². The first-order valence-corrected chi connectivity index (χ1v) is 12.8. The normalized spacial score (nSPS) is 27.1. The summed E-state index contributed by atoms with van der Waals surface area (Å²) in [6.45, 7) is 2.24. The molecule has 9 nitrogen and oxygen atoms in total. The average molecular weight is 486 g/mol. The predicted molar refractivity (Wildman–Crippen MR) is 128 cm³/mol. The molecule has 0 spiro atoms. The summed E-state index contributed by atoms with van der Waals surface area (Å²) in [6, 6.07) is 5.05. The van der Waals surface area contributed by atoms with Crippen LogP contribution in [-0.2, 0) is 19.1 Å². The summed E-state index contributed by atoms with van der Waals surface area (Å²) >= 11 is 0. The van der Waals surface area contributed by atoms with E-state index in [-0.39, 0.29) is 41.9 Å². The monoisotopic (exact) mass is 485 g/mol. The first kappa shape index (κ1) is 24.1. The molecule has 1 aliphatic carbocycles. The van der Waals surface area contributed by atoms with E-state index in [1.165, 1.54) is 12.8 Å². The summed E-state index contributed by atoms with van der Waals surface area (Å²) in [6.07, 6.45) is 5.11. The standard InChI is InChI=1S/C26H35N3O6/c1-29-21-6-5-19(13-24(30)27-14-16-2-3-16)35-23(21)15-34-22-7-4-18(12-20(22)26(29)32)28-25(31)17-8-10-33-11-9-17/h4,7,12,16-17,19,21,23H,2-3,5-6,8-11,13-15H2,1H3,(H,27,30)(H,28,31)/t19-,21+,23+/m1/s1. The van der Waals surface area contributed by atoms with E-state index in [0.29, 0.717) is 68.4 Å². The smallest absolute Gasteiger partial charge is 0.257 e. The molecule has 0 unspecified atom stereocenters. The molecular weight excluding hydrogens is 450 g/mol. The van der Waals surface area contributed by atoms with Crippen molar-refractivity contribution in [3.8, 4) is 5.75 Å². The lowest BCUT2D eigenvalue weighted by Gasteiger charge is -2.42. The molecule has 0 aromatic heterocycles. The van der Waals surface area contributed by atoms with Gasteiger partial charge in [0.05, 0.1) is 24.1 Å². The fraction of sp³-hybridized carbons (Fsp3) is 0.654. The molecule has 3 fully saturated rings. The van der Waals surface area contributed by atoms with E-state index in [4.69, 9.17) is 14.2 Å². The van der Waals surface area contributed by atoms with Crippen molar-refractivity contribution in [2.45, 2.75) is 63.2 Å². The molecule has 3 atom stereocenters. The Balaban J connectivity index is 1.23. The van der Waals surface area contributed by atoms with Crippen molar-refractivity contribution in [3.05, 3.63) is 23.8 Å². The lowest BCUT2D eigenvalue weighted by atomic mass is 9.94. The van der Waals surface area contributed by atoms with Crippen LogP contribution in [0.3, 0.4) is 0 Å². The third-order valence-corrected chi connectivity index (χ3v) is 7.57. The molecule has 3 heterocycles. The topological polar surface area (TPSA) is 106 Å². The number of hydrogen-bond acceptors (Lipinski definition) is 6. The third-order valence-electron chi connectivity index (χ3n) is 7.57. The van der Waals surface area contributed by atoms with Gasteiger partial charge in [0.2, 0.25) is 11.8 Å². The zero-order valence-electron chi connectivity index (χ0n) is 20.3. The predicted octanol–water partition coefficient (Wildman–Crippen LogP) is 2.35. The lowest BCUT2D eigenvalue weighted by molar-refractivity contribution is -0.134. The molecule has 5 rings (SSSR count). The minimum atomic E-state index is -0.306. The van der Waals surface area contributed by atoms with E-state index < -0.39 is 0 Å². The highest BCUT2D eigenvalue weighted by Gasteiger charge is 2.39. The molecule has 1 saturated carbocycles. The highest BCUT2D eigenvalue weighted by Crippen LogP contribution is 2.33. The van der Waals surface area contributed by atoms with Gasteiger partial charge < -0.3 is 29.7 Å². The van der Waals surface area contributed by atoms with Gasteiger partial charge in [0.25, 0.3) is 5.91 Å². The number of likely N-dealkylation sites (N-methyl/N-ethyl adjacent to an activating group) is 1. The number of fused-ring (bicyclic) bond motifs is 2. The highest BCUT2D eigenvalue weighted by molar-refractivity contribution is 6.00. The Bertz CT molecular complexity index is 958. The van der Waals surface area contributed by atoms with E-state index in [0.717, 1.165) is 13.0 Å². The van der Waals surface area contributed by atoms with Gasteiger partial charge in [-0.25, -0.2) is 0 Å². The number of hydrogen-bond donors (Lipinski definition) is 2. The maximum Gasteiger partial charge on any atom is 0.257 e. The molecule has 2 N–H and O–H groups in total. The first-order chi connectivity index (χ1) is 17.0. The second-order valence-corrected chi connectivity index (χ2v) is 10.2. The number of amides is 3. The van der Waals surface area contributed by atoms with Crippen molar-refractivity contribution in [1.29, 1.82) is 0 Å². The first-order valence-electron chi connectivity index (χ1n) is 12.8. The van der Waals surface area contributed by atoms with Crippen LogP contribution in [0.2, 0.25) is 0 Å². The van der Waals surface area contributed by atoms with Crippen LogP contribution in [0.15, 0.2) is 18.2 Å². The van der Waals surface area contributed by atoms with Crippen LogP contribution < -0.4 is 15.4 Å². The summed E-state index contributed by atoms with van der Waals surface area (Å²) in [5, 5.41) is 5.96. The average Bonchev–Trinajstić information content (AvgIpc) is 3.70. The molecule has 9 heteroatoms. The Morgan fingerprint density at radius 3 is 2.66 bits per heavy atom. The van der Waals surface area contributed by atoms with Crippen molar-refractivity contribution in [3.63, 3.8) is 0 Å². The zero-order chi connectivity index (χ0) is 24.4. The summed E-state index contributed by atoms with van der Waals surface area (Å²) < 4.78 is 17.6. The third kappa shape index (κ3) is 5.78. The quantitative estimate of drug-likeness (QED) is 0.641. The summed E-state index contributed by atoms with van der Waals surface area (Å²) in [4.78, 5) is 40.0. The number of carbonyl (C=O) groups excluding carboxylic acids is 3. The molecule has 1 aromatic carbocycles. The fourth-order valence-electron chi connectivity index (χ4n) is 5.17. The minimum absolute atomic E-state index is 0.0252. The van der Waals surface area contributed by atoms with Crippen molar-refractivity contribution >= 4 is 23.4 Å². The molecule has 35 heavy (non-hydrogen) atoms. The second-order valence-electron chi connectivity index (χ2n) is 10.2. The summed E-state index contributed by atoms with van der Waals surface area (Å²) in [5.41, 5.74) is 1.01. The highest BCUT2D eigenvalue weighted by atomic mass is 16.5. The van der Waals surface area contributed by atoms with E-state index in [1.807, 2.05) is 0 Å². The Morgan fingerprint density at radius 2 is 1.89 bits per heavy atom. The molecule has 3 aliphatic heterocycles. The van der Waals surface area contributed by atoms with E-state index >= 15 is 0 Å². The molecular formula is C26H35N3O6. The van der Waals surface area contributed by atoms with Gasteiger partial charge in [0.15, 0.2) is 0 Å². The van der Waals surface area contributed by atoms with Crippen molar-refractivity contribution < 1.29 is 28.6 Å². The number of carbonyl (C=O) groups is 3. The van der Waals surface area contributed by atoms with Gasteiger partial charge in [-0.1, -0.05) is 0 Å². The lowest BCUT2D eigenvalue weighted by Crippen LogP contribution is -2.54. The fourth-order valence-corrected chi connectivity index (χ4v) is 5.17. The molecule has 190 valence electrons. The van der Waals surface area contributed by atoms with Crippen molar-refractivity contribution in [2.24, 2.45) is 11.8 Å². The van der Waals surface area contributed by atoms with Gasteiger partial charge >= 0.3 is 0 Å². The molecule has 3 amide bonds. The number of ether oxygens (including phenoxy) is 3. The SMILES string of the molecule is CN1C(=O)c2cc(NC(=O)C3CCOCC3)ccc2OC[C@@H]2O[C@@H](CC(=O)NCC3CC3)CC[C@@H]21. The van der Waals surface area contributed by atoms with Gasteiger partial charge in [-0.05, 0) is 62.6 Å². The van der Waals surface area contributed by atoms with Crippen LogP contribution in [0.5, 0.6) is 5.75 Å². The van der Waals surface area contributed by atoms with Crippen LogP contribution >= 0.6 is 0 Å². The number of nitrogens with zero attached hydrogens (tertiary/aromatic N) is 1. The zero-order valence-corrected chi connectivity index (χ0v) is 20.3. The molecule has 1 aromatic rings. The maximum absolute atomic E-state index is 13.4. The minimum Gasteiger partial charge on any atom is -0.490 e. The van der Waals surface area contributed by atoms with Crippen molar-refractivity contribution in [1.82, 2.24) is 10.2 Å². The van der Waals surface area contributed by atoms with Crippen LogP contribution in [0, 0.1) is 11.8 Å². The Labute approximate surface area is 205 Å². The van der Waals surface area contributed by atoms with E-state index in [1.54, 1.807) is 30.1 Å². The van der Waals surface area contributed by atoms with E-state index in [2.05, 4.69) is 10.6 Å². The maximum atomic E-state index is 13.4. The van der Waals surface area contributed by atoms with E-state index in [9.17, 15) is 14.4 Å². The van der Waals surface area contributed by atoms with Crippen LogP contribution in [0.1, 0.15) is 55.3 Å². The van der Waals surface area contributed by atoms with Gasteiger partial charge in [-0.2, -0.15) is 0 Å². The second kappa shape index (κ2) is 10.5. The number of nitrogens with one attached hydrogen (secondary N) is 2. The molecule has 4 aliphatic rings. The van der Waals surface area contributed by atoms with Crippen molar-refractivity contribution in [2.75, 3.05) is 38.7 Å². The summed E-state index contributed by atoms with van der Waals surface area (Å²) in [7, 11) is 1.79. The number of rotatable bonds is 6. The summed E-state index contributed by atoms with van der Waals surface area (Å²) in [5.74, 6) is 0.846. The van der Waals surface area contributed by atoms with Crippen LogP contribution in [0.4, 0.5) is 5.69 Å². The Kier molecular flexibility index (Phi) is 7.24. The molecule has 0 bridgehead atoms. The van der Waals surface area contributed by atoms with Gasteiger partial charge in [-0.15, -0.1) is 0 Å². The Hall–Kier alpha value is -2.65. The van der Waals surface area contributed by atoms with Crippen LogP contribution in [0.25, 0.3) is 0 Å². The number of anilines is 1. The van der Waals surface area contributed by atoms with Crippen LogP contribution in [-0.4, -0.2) is 74.3 Å². The molecule has 0 radical (unpaired) electrons. The largest absolute Gasteiger partial charge is 0.490 e. The number of benzene rings is 1. The molecule has 2 saturated heterocycles.